The molecule has 2 aromatic carbocycles. The maximum absolute atomic E-state index is 12.0. The molecule has 1 amide bonds. The number of rotatable bonds is 8. The monoisotopic (exact) mass is 484 g/mol. The number of hydrazone groups is 1. The van der Waals surface area contributed by atoms with Crippen molar-refractivity contribution in [3.63, 3.8) is 0 Å². The number of aromatic nitrogens is 1. The van der Waals surface area contributed by atoms with Crippen molar-refractivity contribution in [3.8, 4) is 11.5 Å². The molecule has 0 unspecified atom stereocenters. The minimum Gasteiger partial charge on any atom is -0.493 e. The molecule has 10 heteroatoms. The summed E-state index contributed by atoms with van der Waals surface area (Å²) in [4.78, 5) is 26.2. The molecule has 0 aliphatic carbocycles. The Morgan fingerprint density at radius 1 is 1.29 bits per heavy atom. The van der Waals surface area contributed by atoms with Crippen LogP contribution >= 0.6 is 15.9 Å². The Kier molecular flexibility index (Phi) is 7.28. The molecule has 0 saturated heterocycles. The van der Waals surface area contributed by atoms with Crippen LogP contribution in [-0.2, 0) is 6.61 Å². The van der Waals surface area contributed by atoms with Crippen LogP contribution in [0.3, 0.4) is 0 Å². The van der Waals surface area contributed by atoms with E-state index < -0.39 is 4.92 Å². The van der Waals surface area contributed by atoms with Gasteiger partial charge >= 0.3 is 0 Å². The number of hydrogen-bond acceptors (Lipinski definition) is 7. The summed E-state index contributed by atoms with van der Waals surface area (Å²) >= 11 is 3.45. The quantitative estimate of drug-likeness (QED) is 0.292. The molecule has 3 rings (SSSR count). The van der Waals surface area contributed by atoms with Gasteiger partial charge in [-0.25, -0.2) is 5.43 Å². The first-order valence-corrected chi connectivity index (χ1v) is 9.74. The molecule has 0 aliphatic rings. The Hall–Kier alpha value is -3.79. The predicted octanol–water partition coefficient (Wildman–Crippen LogP) is 4.10. The summed E-state index contributed by atoms with van der Waals surface area (Å²) in [5.74, 6) is 0.548. The number of carbonyl (C=O) groups excluding carboxylic acids is 1. The number of nitrogens with zero attached hydrogens (tertiary/aromatic N) is 3. The molecule has 158 valence electrons. The van der Waals surface area contributed by atoms with E-state index in [4.69, 9.17) is 9.47 Å². The summed E-state index contributed by atoms with van der Waals surface area (Å²) in [5.41, 5.74) is 4.28. The van der Waals surface area contributed by atoms with Gasteiger partial charge in [0.15, 0.2) is 11.5 Å². The summed E-state index contributed by atoms with van der Waals surface area (Å²) in [5, 5.41) is 14.7. The lowest BCUT2D eigenvalue weighted by Crippen LogP contribution is -2.17. The molecule has 0 bridgehead atoms. The zero-order valence-electron chi connectivity index (χ0n) is 16.3. The number of methoxy groups -OCH3 is 1. The lowest BCUT2D eigenvalue weighted by molar-refractivity contribution is -0.384. The molecule has 1 N–H and O–H groups in total. The van der Waals surface area contributed by atoms with Crippen LogP contribution in [0.15, 0.2) is 70.5 Å². The number of carbonyl (C=O) groups is 1. The van der Waals surface area contributed by atoms with Gasteiger partial charge in [-0.1, -0.05) is 0 Å². The molecular weight excluding hydrogens is 468 g/mol. The van der Waals surface area contributed by atoms with E-state index in [2.05, 4.69) is 31.4 Å². The van der Waals surface area contributed by atoms with Gasteiger partial charge in [0.05, 0.1) is 28.3 Å². The summed E-state index contributed by atoms with van der Waals surface area (Å²) in [6, 6.07) is 12.9. The zero-order chi connectivity index (χ0) is 22.2. The molecule has 0 saturated carbocycles. The van der Waals surface area contributed by atoms with E-state index in [1.807, 2.05) is 0 Å². The van der Waals surface area contributed by atoms with Crippen LogP contribution in [0.1, 0.15) is 21.5 Å². The number of amides is 1. The van der Waals surface area contributed by atoms with Gasteiger partial charge < -0.3 is 9.47 Å². The highest BCUT2D eigenvalue weighted by atomic mass is 79.9. The van der Waals surface area contributed by atoms with Gasteiger partial charge in [0.1, 0.15) is 6.61 Å². The highest BCUT2D eigenvalue weighted by Gasteiger charge is 2.12. The predicted molar refractivity (Wildman–Crippen MR) is 117 cm³/mol. The summed E-state index contributed by atoms with van der Waals surface area (Å²) in [6.07, 6.45) is 4.50. The third-order valence-electron chi connectivity index (χ3n) is 4.09. The minimum atomic E-state index is -0.455. The standard InChI is InChI=1S/C21H17BrN4O5/c1-30-19-10-15(11-24-25-21(27)16-3-2-8-23-12-16)9-18(22)20(19)31-13-14-4-6-17(7-5-14)26(28)29/h2-12H,13H2,1H3,(H,25,27)/b24-11-. The highest BCUT2D eigenvalue weighted by molar-refractivity contribution is 9.10. The number of benzene rings is 2. The molecule has 0 atom stereocenters. The molecule has 31 heavy (non-hydrogen) atoms. The Balaban J connectivity index is 1.68. The number of nitro groups is 1. The van der Waals surface area contributed by atoms with E-state index in [0.717, 1.165) is 5.56 Å². The lowest BCUT2D eigenvalue weighted by atomic mass is 10.2. The summed E-state index contributed by atoms with van der Waals surface area (Å²) in [7, 11) is 1.51. The van der Waals surface area contributed by atoms with E-state index in [0.29, 0.717) is 27.1 Å². The van der Waals surface area contributed by atoms with Gasteiger partial charge in [-0.3, -0.25) is 19.9 Å². The molecule has 0 spiro atoms. The Bertz CT molecular complexity index is 1100. The first kappa shape index (κ1) is 21.9. The van der Waals surface area contributed by atoms with Crippen LogP contribution in [0.25, 0.3) is 0 Å². The van der Waals surface area contributed by atoms with Gasteiger partial charge in [0, 0.05) is 24.5 Å². The first-order chi connectivity index (χ1) is 15.0. The van der Waals surface area contributed by atoms with Gasteiger partial charge in [0.2, 0.25) is 0 Å². The van der Waals surface area contributed by atoms with E-state index in [9.17, 15) is 14.9 Å². The van der Waals surface area contributed by atoms with E-state index >= 15 is 0 Å². The molecule has 1 heterocycles. The fraction of sp³-hybridized carbons (Fsp3) is 0.0952. The second kappa shape index (κ2) is 10.3. The van der Waals surface area contributed by atoms with Crippen molar-refractivity contribution in [3.05, 3.63) is 92.2 Å². The number of halogens is 1. The molecular formula is C21H17BrN4O5. The normalized spacial score (nSPS) is 10.6. The molecule has 9 nitrogen and oxygen atoms in total. The molecule has 3 aromatic rings. The number of nitro benzene ring substituents is 1. The largest absolute Gasteiger partial charge is 0.493 e. The molecule has 0 radical (unpaired) electrons. The Labute approximate surface area is 186 Å². The Morgan fingerprint density at radius 2 is 2.06 bits per heavy atom. The van der Waals surface area contributed by atoms with Crippen LogP contribution in [0.4, 0.5) is 5.69 Å². The number of nitrogens with one attached hydrogen (secondary N) is 1. The van der Waals surface area contributed by atoms with Gasteiger partial charge in [0.25, 0.3) is 11.6 Å². The number of non-ortho nitro benzene ring substituents is 1. The van der Waals surface area contributed by atoms with Crippen LogP contribution in [0.2, 0.25) is 0 Å². The van der Waals surface area contributed by atoms with Crippen molar-refractivity contribution in [2.75, 3.05) is 7.11 Å². The lowest BCUT2D eigenvalue weighted by Gasteiger charge is -2.13. The summed E-state index contributed by atoms with van der Waals surface area (Å²) in [6.45, 7) is 0.196. The third kappa shape index (κ3) is 5.86. The third-order valence-corrected chi connectivity index (χ3v) is 4.67. The second-order valence-corrected chi connectivity index (χ2v) is 7.04. The minimum absolute atomic E-state index is 0.0155. The fourth-order valence-electron chi connectivity index (χ4n) is 2.55. The van der Waals surface area contributed by atoms with E-state index in [1.54, 1.807) is 42.6 Å². The first-order valence-electron chi connectivity index (χ1n) is 8.95. The maximum atomic E-state index is 12.0. The fourth-order valence-corrected chi connectivity index (χ4v) is 3.13. The van der Waals surface area contributed by atoms with Crippen molar-refractivity contribution >= 4 is 33.7 Å². The molecule has 1 aromatic heterocycles. The average Bonchev–Trinajstić information content (AvgIpc) is 2.78. The number of hydrogen-bond donors (Lipinski definition) is 1. The van der Waals surface area contributed by atoms with Crippen LogP contribution in [0.5, 0.6) is 11.5 Å². The maximum Gasteiger partial charge on any atom is 0.272 e. The highest BCUT2D eigenvalue weighted by Crippen LogP contribution is 2.37. The number of ether oxygens (including phenoxy) is 2. The van der Waals surface area contributed by atoms with Crippen molar-refractivity contribution in [1.82, 2.24) is 10.4 Å². The van der Waals surface area contributed by atoms with Gasteiger partial charge in [-0.05, 0) is 63.5 Å². The average molecular weight is 485 g/mol. The molecule has 0 fully saturated rings. The van der Waals surface area contributed by atoms with Crippen molar-refractivity contribution < 1.29 is 19.2 Å². The SMILES string of the molecule is COc1cc(/C=N\NC(=O)c2cccnc2)cc(Br)c1OCc1ccc([N+](=O)[O-])cc1. The van der Waals surface area contributed by atoms with Gasteiger partial charge in [-0.15, -0.1) is 0 Å². The smallest absolute Gasteiger partial charge is 0.272 e. The number of pyridine rings is 1. The zero-order valence-corrected chi connectivity index (χ0v) is 17.9. The van der Waals surface area contributed by atoms with E-state index in [-0.39, 0.29) is 18.2 Å². The summed E-state index contributed by atoms with van der Waals surface area (Å²) < 4.78 is 11.9. The van der Waals surface area contributed by atoms with Crippen molar-refractivity contribution in [2.45, 2.75) is 6.61 Å². The second-order valence-electron chi connectivity index (χ2n) is 6.19. The van der Waals surface area contributed by atoms with Crippen molar-refractivity contribution in [2.24, 2.45) is 5.10 Å². The topological polar surface area (TPSA) is 116 Å². The van der Waals surface area contributed by atoms with Crippen LogP contribution in [-0.4, -0.2) is 29.1 Å². The molecule has 0 aliphatic heterocycles. The van der Waals surface area contributed by atoms with Gasteiger partial charge in [-0.2, -0.15) is 5.10 Å². The van der Waals surface area contributed by atoms with Crippen molar-refractivity contribution in [1.29, 1.82) is 0 Å². The van der Waals surface area contributed by atoms with E-state index in [1.165, 1.54) is 31.7 Å². The van der Waals surface area contributed by atoms with Crippen LogP contribution < -0.4 is 14.9 Å². The Morgan fingerprint density at radius 3 is 2.71 bits per heavy atom. The van der Waals surface area contributed by atoms with Crippen LogP contribution in [0, 0.1) is 10.1 Å².